The summed E-state index contributed by atoms with van der Waals surface area (Å²) in [6.07, 6.45) is 3.49. The van der Waals surface area contributed by atoms with Crippen molar-refractivity contribution in [2.75, 3.05) is 26.2 Å². The van der Waals surface area contributed by atoms with Crippen LogP contribution in [0.5, 0.6) is 0 Å². The number of likely N-dealkylation sites (tertiary alicyclic amines) is 1. The maximum absolute atomic E-state index is 12.0. The largest absolute Gasteiger partial charge is 0.351 e. The molecule has 1 aromatic rings. The molecular formula is C13H19ClN2OS. The Morgan fingerprint density at radius 2 is 2.22 bits per heavy atom. The molecule has 1 aliphatic heterocycles. The van der Waals surface area contributed by atoms with Crippen LogP contribution in [0.3, 0.4) is 0 Å². The van der Waals surface area contributed by atoms with Gasteiger partial charge >= 0.3 is 0 Å². The van der Waals surface area contributed by atoms with E-state index in [2.05, 4.69) is 17.1 Å². The van der Waals surface area contributed by atoms with Crippen LogP contribution in [0.15, 0.2) is 6.07 Å². The zero-order valence-corrected chi connectivity index (χ0v) is 12.2. The van der Waals surface area contributed by atoms with E-state index in [0.29, 0.717) is 16.4 Å². The molecule has 0 aliphatic carbocycles. The molecular weight excluding hydrogens is 268 g/mol. The second-order valence-corrected chi connectivity index (χ2v) is 6.30. The molecule has 0 atom stereocenters. The molecule has 1 aliphatic rings. The Hall–Kier alpha value is -0.580. The highest BCUT2D eigenvalue weighted by Gasteiger charge is 2.15. The molecule has 100 valence electrons. The minimum atomic E-state index is -0.0462. The van der Waals surface area contributed by atoms with Gasteiger partial charge in [0.2, 0.25) is 0 Å². The lowest BCUT2D eigenvalue weighted by molar-refractivity contribution is 0.0950. The minimum absolute atomic E-state index is 0.0462. The summed E-state index contributed by atoms with van der Waals surface area (Å²) in [6, 6.07) is 1.90. The van der Waals surface area contributed by atoms with Crippen molar-refractivity contribution >= 4 is 28.8 Å². The number of aryl methyl sites for hydroxylation is 1. The SMILES string of the molecule is CCc1cc(C(=O)NCCN2CCCC2)c(Cl)s1. The Bertz CT molecular complexity index is 413. The highest BCUT2D eigenvalue weighted by atomic mass is 35.5. The van der Waals surface area contributed by atoms with E-state index in [4.69, 9.17) is 11.6 Å². The fraction of sp³-hybridized carbons (Fsp3) is 0.615. The predicted octanol–water partition coefficient (Wildman–Crippen LogP) is 2.79. The summed E-state index contributed by atoms with van der Waals surface area (Å²) in [6.45, 7) is 6.03. The van der Waals surface area contributed by atoms with Crippen molar-refractivity contribution in [3.05, 3.63) is 20.8 Å². The third-order valence-electron chi connectivity index (χ3n) is 3.24. The summed E-state index contributed by atoms with van der Waals surface area (Å²) in [5, 5.41) is 2.95. The molecule has 1 amide bonds. The topological polar surface area (TPSA) is 32.3 Å². The van der Waals surface area contributed by atoms with Gasteiger partial charge in [-0.3, -0.25) is 4.79 Å². The van der Waals surface area contributed by atoms with E-state index >= 15 is 0 Å². The van der Waals surface area contributed by atoms with Crippen LogP contribution in [0.25, 0.3) is 0 Å². The van der Waals surface area contributed by atoms with Crippen LogP contribution in [0.2, 0.25) is 4.34 Å². The lowest BCUT2D eigenvalue weighted by Gasteiger charge is -2.14. The predicted molar refractivity (Wildman–Crippen MR) is 76.7 cm³/mol. The molecule has 0 radical (unpaired) electrons. The van der Waals surface area contributed by atoms with Gasteiger partial charge in [0, 0.05) is 18.0 Å². The molecule has 2 heterocycles. The fourth-order valence-corrected chi connectivity index (χ4v) is 3.43. The van der Waals surface area contributed by atoms with Crippen LogP contribution in [0.1, 0.15) is 35.0 Å². The number of thiophene rings is 1. The number of carbonyl (C=O) groups excluding carboxylic acids is 1. The van der Waals surface area contributed by atoms with Crippen LogP contribution in [-0.4, -0.2) is 37.0 Å². The van der Waals surface area contributed by atoms with Gasteiger partial charge in [0.25, 0.3) is 5.91 Å². The lowest BCUT2D eigenvalue weighted by Crippen LogP contribution is -2.33. The molecule has 1 N–H and O–H groups in total. The van der Waals surface area contributed by atoms with Crippen molar-refractivity contribution in [3.63, 3.8) is 0 Å². The van der Waals surface area contributed by atoms with Crippen molar-refractivity contribution in [1.82, 2.24) is 10.2 Å². The number of nitrogens with one attached hydrogen (secondary N) is 1. The average Bonchev–Trinajstić information content (AvgIpc) is 2.98. The normalized spacial score (nSPS) is 16.1. The molecule has 0 saturated carbocycles. The number of nitrogens with zero attached hydrogens (tertiary/aromatic N) is 1. The fourth-order valence-electron chi connectivity index (χ4n) is 2.18. The monoisotopic (exact) mass is 286 g/mol. The number of halogens is 1. The van der Waals surface area contributed by atoms with Crippen LogP contribution in [0, 0.1) is 0 Å². The van der Waals surface area contributed by atoms with Crippen molar-refractivity contribution < 1.29 is 4.79 Å². The minimum Gasteiger partial charge on any atom is -0.351 e. The van der Waals surface area contributed by atoms with Gasteiger partial charge in [-0.1, -0.05) is 18.5 Å². The van der Waals surface area contributed by atoms with Gasteiger partial charge in [-0.25, -0.2) is 0 Å². The quantitative estimate of drug-likeness (QED) is 0.903. The number of rotatable bonds is 5. The van der Waals surface area contributed by atoms with E-state index in [1.807, 2.05) is 6.07 Å². The molecule has 0 unspecified atom stereocenters. The van der Waals surface area contributed by atoms with Crippen LogP contribution >= 0.6 is 22.9 Å². The molecule has 0 bridgehead atoms. The number of hydrogen-bond donors (Lipinski definition) is 1. The summed E-state index contributed by atoms with van der Waals surface area (Å²) in [4.78, 5) is 15.5. The highest BCUT2D eigenvalue weighted by Crippen LogP contribution is 2.27. The van der Waals surface area contributed by atoms with Gasteiger partial charge in [-0.05, 0) is 38.4 Å². The number of amides is 1. The van der Waals surface area contributed by atoms with Crippen molar-refractivity contribution in [2.45, 2.75) is 26.2 Å². The van der Waals surface area contributed by atoms with E-state index in [1.165, 1.54) is 24.2 Å². The average molecular weight is 287 g/mol. The number of carbonyl (C=O) groups is 1. The zero-order valence-electron chi connectivity index (χ0n) is 10.7. The molecule has 0 aromatic carbocycles. The van der Waals surface area contributed by atoms with Gasteiger partial charge in [-0.15, -0.1) is 11.3 Å². The molecule has 3 nitrogen and oxygen atoms in total. The number of hydrogen-bond acceptors (Lipinski definition) is 3. The summed E-state index contributed by atoms with van der Waals surface area (Å²) in [7, 11) is 0. The highest BCUT2D eigenvalue weighted by molar-refractivity contribution is 7.16. The van der Waals surface area contributed by atoms with E-state index in [-0.39, 0.29) is 5.91 Å². The first-order chi connectivity index (χ1) is 8.70. The van der Waals surface area contributed by atoms with Gasteiger partial charge in [0.05, 0.1) is 5.56 Å². The van der Waals surface area contributed by atoms with Gasteiger partial charge < -0.3 is 10.2 Å². The first-order valence-electron chi connectivity index (χ1n) is 6.49. The van der Waals surface area contributed by atoms with Gasteiger partial charge in [-0.2, -0.15) is 0 Å². The third kappa shape index (κ3) is 3.46. The van der Waals surface area contributed by atoms with E-state index < -0.39 is 0 Å². The Morgan fingerprint density at radius 1 is 1.50 bits per heavy atom. The molecule has 1 saturated heterocycles. The lowest BCUT2D eigenvalue weighted by atomic mass is 10.2. The van der Waals surface area contributed by atoms with Crippen LogP contribution < -0.4 is 5.32 Å². The van der Waals surface area contributed by atoms with Gasteiger partial charge in [0.15, 0.2) is 0 Å². The van der Waals surface area contributed by atoms with E-state index in [0.717, 1.165) is 30.9 Å². The molecule has 1 aromatic heterocycles. The Kier molecular flexibility index (Phi) is 5.03. The summed E-state index contributed by atoms with van der Waals surface area (Å²) < 4.78 is 0.602. The first-order valence-corrected chi connectivity index (χ1v) is 7.69. The molecule has 1 fully saturated rings. The van der Waals surface area contributed by atoms with Crippen LogP contribution in [-0.2, 0) is 6.42 Å². The molecule has 18 heavy (non-hydrogen) atoms. The van der Waals surface area contributed by atoms with E-state index in [1.54, 1.807) is 0 Å². The van der Waals surface area contributed by atoms with E-state index in [9.17, 15) is 4.79 Å². The Balaban J connectivity index is 1.81. The van der Waals surface area contributed by atoms with Crippen LogP contribution in [0.4, 0.5) is 0 Å². The van der Waals surface area contributed by atoms with Gasteiger partial charge in [0.1, 0.15) is 4.34 Å². The van der Waals surface area contributed by atoms with Crippen molar-refractivity contribution in [1.29, 1.82) is 0 Å². The Labute approximate surface area is 117 Å². The zero-order chi connectivity index (χ0) is 13.0. The second kappa shape index (κ2) is 6.55. The maximum atomic E-state index is 12.0. The maximum Gasteiger partial charge on any atom is 0.253 e. The summed E-state index contributed by atoms with van der Waals surface area (Å²) in [5.41, 5.74) is 0.625. The van der Waals surface area contributed by atoms with Crippen molar-refractivity contribution in [2.24, 2.45) is 0 Å². The summed E-state index contributed by atoms with van der Waals surface area (Å²) >= 11 is 7.57. The first kappa shape index (κ1) is 13.8. The molecule has 5 heteroatoms. The Morgan fingerprint density at radius 3 is 2.83 bits per heavy atom. The smallest absolute Gasteiger partial charge is 0.253 e. The van der Waals surface area contributed by atoms with Crippen molar-refractivity contribution in [3.8, 4) is 0 Å². The second-order valence-electron chi connectivity index (χ2n) is 4.56. The molecule has 2 rings (SSSR count). The summed E-state index contributed by atoms with van der Waals surface area (Å²) in [5.74, 6) is -0.0462. The standard InChI is InChI=1S/C13H19ClN2OS/c1-2-10-9-11(12(14)18-10)13(17)15-5-8-16-6-3-4-7-16/h9H,2-8H2,1H3,(H,15,17). The third-order valence-corrected chi connectivity index (χ3v) is 4.75. The molecule has 0 spiro atoms.